The van der Waals surface area contributed by atoms with Gasteiger partial charge in [0.05, 0.1) is 6.10 Å². The molecular weight excluding hydrogens is 469 g/mol. The quantitative estimate of drug-likeness (QED) is 0.354. The fraction of sp³-hybridized carbons (Fsp3) is 0.900. The van der Waals surface area contributed by atoms with Crippen molar-refractivity contribution in [1.29, 1.82) is 0 Å². The second-order valence-electron chi connectivity index (χ2n) is 8.87. The number of amides is 1. The minimum absolute atomic E-state index is 0. The summed E-state index contributed by atoms with van der Waals surface area (Å²) in [6.45, 7) is 5.71. The van der Waals surface area contributed by atoms with Crippen molar-refractivity contribution in [2.24, 2.45) is 16.3 Å². The van der Waals surface area contributed by atoms with E-state index in [1.54, 1.807) is 4.90 Å². The van der Waals surface area contributed by atoms with Gasteiger partial charge in [-0.2, -0.15) is 0 Å². The lowest BCUT2D eigenvalue weighted by Gasteiger charge is -2.63. The minimum atomic E-state index is 0. The SMILES string of the molecule is CN=C(NC1C2CCOC2C12CCC2)N1CCN(CCC(=O)N(C)C)CC1.I. The van der Waals surface area contributed by atoms with Crippen LogP contribution in [0.5, 0.6) is 0 Å². The van der Waals surface area contributed by atoms with Gasteiger partial charge in [-0.15, -0.1) is 24.0 Å². The number of ether oxygens (including phenoxy) is 1. The third-order valence-corrected chi connectivity index (χ3v) is 7.35. The lowest BCUT2D eigenvalue weighted by molar-refractivity contribution is -0.171. The summed E-state index contributed by atoms with van der Waals surface area (Å²) >= 11 is 0. The van der Waals surface area contributed by atoms with E-state index in [1.807, 2.05) is 21.1 Å². The van der Waals surface area contributed by atoms with E-state index in [1.165, 1.54) is 25.7 Å². The molecule has 28 heavy (non-hydrogen) atoms. The van der Waals surface area contributed by atoms with Crippen molar-refractivity contribution in [3.05, 3.63) is 0 Å². The summed E-state index contributed by atoms with van der Waals surface area (Å²) in [4.78, 5) is 22.9. The molecule has 0 radical (unpaired) electrons. The fourth-order valence-corrected chi connectivity index (χ4v) is 5.55. The zero-order valence-corrected chi connectivity index (χ0v) is 19.9. The van der Waals surface area contributed by atoms with Crippen molar-refractivity contribution >= 4 is 35.8 Å². The molecule has 2 aliphatic heterocycles. The van der Waals surface area contributed by atoms with Gasteiger partial charge in [-0.25, -0.2) is 0 Å². The highest BCUT2D eigenvalue weighted by Gasteiger charge is 2.66. The molecule has 1 amide bonds. The molecule has 7 nitrogen and oxygen atoms in total. The van der Waals surface area contributed by atoms with E-state index in [4.69, 9.17) is 4.74 Å². The third-order valence-electron chi connectivity index (χ3n) is 7.35. The molecule has 1 spiro atoms. The van der Waals surface area contributed by atoms with Gasteiger partial charge in [0, 0.05) is 84.3 Å². The first-order valence-corrected chi connectivity index (χ1v) is 10.6. The number of carbonyl (C=O) groups excluding carboxylic acids is 1. The van der Waals surface area contributed by atoms with Crippen LogP contribution >= 0.6 is 24.0 Å². The predicted molar refractivity (Wildman–Crippen MR) is 121 cm³/mol. The van der Waals surface area contributed by atoms with Gasteiger partial charge >= 0.3 is 0 Å². The van der Waals surface area contributed by atoms with E-state index in [-0.39, 0.29) is 29.9 Å². The van der Waals surface area contributed by atoms with E-state index in [2.05, 4.69) is 20.1 Å². The molecule has 3 atom stereocenters. The molecule has 0 aromatic carbocycles. The number of rotatable bonds is 4. The summed E-state index contributed by atoms with van der Waals surface area (Å²) < 4.78 is 6.05. The predicted octanol–water partition coefficient (Wildman–Crippen LogP) is 1.23. The molecule has 0 bridgehead atoms. The lowest BCUT2D eigenvalue weighted by atomic mass is 9.46. The molecule has 8 heteroatoms. The second-order valence-corrected chi connectivity index (χ2v) is 8.87. The molecule has 160 valence electrons. The van der Waals surface area contributed by atoms with Crippen molar-refractivity contribution in [2.45, 2.75) is 44.2 Å². The summed E-state index contributed by atoms with van der Waals surface area (Å²) in [6, 6.07) is 0.535. The van der Waals surface area contributed by atoms with Crippen LogP contribution in [0.1, 0.15) is 32.1 Å². The maximum absolute atomic E-state index is 11.8. The summed E-state index contributed by atoms with van der Waals surface area (Å²) in [5.74, 6) is 1.93. The number of nitrogens with one attached hydrogen (secondary N) is 1. The van der Waals surface area contributed by atoms with E-state index < -0.39 is 0 Å². The first-order valence-electron chi connectivity index (χ1n) is 10.6. The van der Waals surface area contributed by atoms with Crippen LogP contribution in [-0.2, 0) is 9.53 Å². The molecule has 0 aromatic heterocycles. The number of hydrogen-bond donors (Lipinski definition) is 1. The molecule has 2 aliphatic carbocycles. The summed E-state index contributed by atoms with van der Waals surface area (Å²) in [5, 5.41) is 3.83. The van der Waals surface area contributed by atoms with Gasteiger partial charge in [0.2, 0.25) is 5.91 Å². The minimum Gasteiger partial charge on any atom is -0.377 e. The first-order chi connectivity index (χ1) is 13.0. The maximum atomic E-state index is 11.8. The molecule has 0 aromatic rings. The van der Waals surface area contributed by atoms with Crippen molar-refractivity contribution in [2.75, 3.05) is 60.5 Å². The van der Waals surface area contributed by atoms with Crippen molar-refractivity contribution in [3.8, 4) is 0 Å². The number of aliphatic imine (C=N–C) groups is 1. The monoisotopic (exact) mass is 505 g/mol. The Morgan fingerprint density at radius 3 is 2.54 bits per heavy atom. The van der Waals surface area contributed by atoms with E-state index in [0.717, 1.165) is 45.3 Å². The van der Waals surface area contributed by atoms with Gasteiger partial charge in [-0.3, -0.25) is 14.7 Å². The Kier molecular flexibility index (Phi) is 7.13. The number of carbonyl (C=O) groups is 1. The molecular formula is C20H36IN5O2. The summed E-state index contributed by atoms with van der Waals surface area (Å²) in [6.07, 6.45) is 6.23. The molecule has 4 fully saturated rings. The third kappa shape index (κ3) is 3.88. The van der Waals surface area contributed by atoms with Gasteiger partial charge < -0.3 is 19.9 Å². The van der Waals surface area contributed by atoms with Crippen molar-refractivity contribution in [3.63, 3.8) is 0 Å². The van der Waals surface area contributed by atoms with Crippen LogP contribution in [-0.4, -0.2) is 99.2 Å². The van der Waals surface area contributed by atoms with Gasteiger partial charge in [-0.1, -0.05) is 6.42 Å². The maximum Gasteiger partial charge on any atom is 0.223 e. The second kappa shape index (κ2) is 9.04. The van der Waals surface area contributed by atoms with Crippen LogP contribution in [0.2, 0.25) is 0 Å². The standard InChI is InChI=1S/C20H35N5O2.HI/c1-21-19(22-17-15-6-14-27-18(15)20(17)7-4-8-20)25-12-10-24(11-13-25)9-5-16(26)23(2)3;/h15,17-18H,4-14H2,1-3H3,(H,21,22);1H. The average Bonchev–Trinajstić information content (AvgIpc) is 3.04. The van der Waals surface area contributed by atoms with Gasteiger partial charge in [0.1, 0.15) is 0 Å². The summed E-state index contributed by atoms with van der Waals surface area (Å²) in [7, 11) is 5.55. The van der Waals surface area contributed by atoms with E-state index in [9.17, 15) is 4.79 Å². The molecule has 2 saturated heterocycles. The van der Waals surface area contributed by atoms with E-state index >= 15 is 0 Å². The Labute approximate surface area is 186 Å². The molecule has 1 N–H and O–H groups in total. The Morgan fingerprint density at radius 2 is 1.96 bits per heavy atom. The molecule has 4 rings (SSSR count). The van der Waals surface area contributed by atoms with E-state index in [0.29, 0.717) is 29.9 Å². The smallest absolute Gasteiger partial charge is 0.223 e. The number of hydrogen-bond acceptors (Lipinski definition) is 4. The molecule has 3 unspecified atom stereocenters. The Hall–Kier alpha value is -0.610. The zero-order valence-electron chi connectivity index (χ0n) is 17.5. The van der Waals surface area contributed by atoms with Gasteiger partial charge in [-0.05, 0) is 19.3 Å². The number of halogens is 1. The van der Waals surface area contributed by atoms with Crippen LogP contribution in [0.15, 0.2) is 4.99 Å². The Morgan fingerprint density at radius 1 is 1.25 bits per heavy atom. The number of piperazine rings is 1. The van der Waals surface area contributed by atoms with Crippen molar-refractivity contribution < 1.29 is 9.53 Å². The number of guanidine groups is 1. The highest BCUT2D eigenvalue weighted by Crippen LogP contribution is 2.62. The molecule has 2 saturated carbocycles. The van der Waals surface area contributed by atoms with Crippen LogP contribution in [0.25, 0.3) is 0 Å². The van der Waals surface area contributed by atoms with Crippen LogP contribution in [0.4, 0.5) is 0 Å². The highest BCUT2D eigenvalue weighted by molar-refractivity contribution is 14.0. The summed E-state index contributed by atoms with van der Waals surface area (Å²) in [5.41, 5.74) is 0.380. The van der Waals surface area contributed by atoms with Crippen LogP contribution < -0.4 is 5.32 Å². The van der Waals surface area contributed by atoms with Gasteiger partial charge in [0.15, 0.2) is 5.96 Å². The Balaban J connectivity index is 0.00000225. The van der Waals surface area contributed by atoms with Crippen LogP contribution in [0, 0.1) is 11.3 Å². The largest absolute Gasteiger partial charge is 0.377 e. The van der Waals surface area contributed by atoms with Gasteiger partial charge in [0.25, 0.3) is 0 Å². The van der Waals surface area contributed by atoms with Crippen molar-refractivity contribution in [1.82, 2.24) is 20.0 Å². The molecule has 2 heterocycles. The number of fused-ring (bicyclic) bond motifs is 2. The topological polar surface area (TPSA) is 60.4 Å². The van der Waals surface area contributed by atoms with Crippen LogP contribution in [0.3, 0.4) is 0 Å². The highest BCUT2D eigenvalue weighted by atomic mass is 127. The first kappa shape index (κ1) is 22.1. The zero-order chi connectivity index (χ0) is 19.0. The average molecular weight is 505 g/mol. The normalized spacial score (nSPS) is 31.5. The lowest BCUT2D eigenvalue weighted by Crippen LogP contribution is -2.73. The fourth-order valence-electron chi connectivity index (χ4n) is 5.55. The number of nitrogens with zero attached hydrogens (tertiary/aromatic N) is 4. The molecule has 4 aliphatic rings. The Bertz CT molecular complexity index is 587.